The molecule has 3 heteroatoms. The summed E-state index contributed by atoms with van der Waals surface area (Å²) in [5, 5.41) is 7.84. The van der Waals surface area contributed by atoms with Gasteiger partial charge in [-0.05, 0) is 45.1 Å². The van der Waals surface area contributed by atoms with Crippen LogP contribution in [0.25, 0.3) is 0 Å². The summed E-state index contributed by atoms with van der Waals surface area (Å²) in [6.07, 6.45) is 2.64. The zero-order valence-electron chi connectivity index (χ0n) is 12.4. The molecule has 1 saturated carbocycles. The van der Waals surface area contributed by atoms with E-state index in [-0.39, 0.29) is 6.04 Å². The number of nitrogens with zero attached hydrogens (tertiary/aromatic N) is 1. The number of rotatable bonds is 5. The van der Waals surface area contributed by atoms with Crippen molar-refractivity contribution in [3.05, 3.63) is 52.9 Å². The van der Waals surface area contributed by atoms with Gasteiger partial charge in [-0.25, -0.2) is 0 Å². The average Bonchev–Trinajstić information content (AvgIpc) is 3.23. The van der Waals surface area contributed by atoms with Crippen LogP contribution in [-0.2, 0) is 0 Å². The lowest BCUT2D eigenvalue weighted by Crippen LogP contribution is -2.26. The van der Waals surface area contributed by atoms with Crippen molar-refractivity contribution >= 4 is 0 Å². The molecular weight excluding hydrogens is 248 g/mol. The molecule has 1 N–H and O–H groups in total. The van der Waals surface area contributed by atoms with Gasteiger partial charge in [0.1, 0.15) is 5.76 Å². The molecule has 1 aromatic carbocycles. The molecule has 2 unspecified atom stereocenters. The molecule has 0 amide bonds. The van der Waals surface area contributed by atoms with Crippen LogP contribution in [0.5, 0.6) is 0 Å². The summed E-state index contributed by atoms with van der Waals surface area (Å²) >= 11 is 0. The third-order valence-corrected chi connectivity index (χ3v) is 4.20. The summed E-state index contributed by atoms with van der Waals surface area (Å²) in [5.74, 6) is 1.69. The highest BCUT2D eigenvalue weighted by atomic mass is 16.5. The molecule has 3 nitrogen and oxygen atoms in total. The van der Waals surface area contributed by atoms with Crippen LogP contribution in [0.1, 0.15) is 54.4 Å². The van der Waals surface area contributed by atoms with Gasteiger partial charge in [0.25, 0.3) is 0 Å². The summed E-state index contributed by atoms with van der Waals surface area (Å²) in [6.45, 7) is 6.20. The van der Waals surface area contributed by atoms with Crippen LogP contribution in [0.4, 0.5) is 0 Å². The van der Waals surface area contributed by atoms with Crippen LogP contribution in [0.2, 0.25) is 0 Å². The standard InChI is InChI=1S/C17H22N2O/c1-11(16-12(2)19-20-13(16)3)18-17(15-9-10-15)14-7-5-4-6-8-14/h4-8,11,15,17-18H,9-10H2,1-3H3. The molecule has 3 rings (SSSR count). The van der Waals surface area contributed by atoms with Crippen molar-refractivity contribution in [2.75, 3.05) is 0 Å². The van der Waals surface area contributed by atoms with E-state index in [4.69, 9.17) is 4.52 Å². The van der Waals surface area contributed by atoms with Gasteiger partial charge in [-0.3, -0.25) is 0 Å². The van der Waals surface area contributed by atoms with E-state index in [1.165, 1.54) is 24.0 Å². The van der Waals surface area contributed by atoms with E-state index in [2.05, 4.69) is 47.7 Å². The van der Waals surface area contributed by atoms with E-state index in [0.717, 1.165) is 17.4 Å². The lowest BCUT2D eigenvalue weighted by Gasteiger charge is -2.24. The molecule has 1 fully saturated rings. The Morgan fingerprint density at radius 2 is 1.90 bits per heavy atom. The Morgan fingerprint density at radius 3 is 2.45 bits per heavy atom. The largest absolute Gasteiger partial charge is 0.361 e. The highest BCUT2D eigenvalue weighted by Crippen LogP contribution is 2.42. The van der Waals surface area contributed by atoms with Crippen molar-refractivity contribution in [1.82, 2.24) is 10.5 Å². The number of nitrogens with one attached hydrogen (secondary N) is 1. The van der Waals surface area contributed by atoms with Gasteiger partial charge in [-0.2, -0.15) is 0 Å². The molecule has 1 aliphatic rings. The molecular formula is C17H22N2O. The second kappa shape index (κ2) is 5.41. The second-order valence-electron chi connectivity index (χ2n) is 5.85. The quantitative estimate of drug-likeness (QED) is 0.889. The van der Waals surface area contributed by atoms with Crippen LogP contribution in [0, 0.1) is 19.8 Å². The minimum atomic E-state index is 0.257. The molecule has 20 heavy (non-hydrogen) atoms. The Kier molecular flexibility index (Phi) is 3.62. The topological polar surface area (TPSA) is 38.1 Å². The highest BCUT2D eigenvalue weighted by Gasteiger charge is 2.33. The first-order chi connectivity index (χ1) is 9.66. The molecule has 106 valence electrons. The van der Waals surface area contributed by atoms with E-state index >= 15 is 0 Å². The minimum Gasteiger partial charge on any atom is -0.361 e. The summed E-state index contributed by atoms with van der Waals surface area (Å²) < 4.78 is 5.29. The van der Waals surface area contributed by atoms with Crippen LogP contribution < -0.4 is 5.32 Å². The van der Waals surface area contributed by atoms with Crippen LogP contribution in [-0.4, -0.2) is 5.16 Å². The Labute approximate surface area is 120 Å². The third-order valence-electron chi connectivity index (χ3n) is 4.20. The predicted molar refractivity (Wildman–Crippen MR) is 79.4 cm³/mol. The lowest BCUT2D eigenvalue weighted by molar-refractivity contribution is 0.386. The van der Waals surface area contributed by atoms with Gasteiger partial charge in [-0.1, -0.05) is 35.5 Å². The first kappa shape index (κ1) is 13.4. The predicted octanol–water partition coefficient (Wildman–Crippen LogP) is 4.09. The molecule has 2 aromatic rings. The molecule has 0 spiro atoms. The number of benzene rings is 1. The van der Waals surface area contributed by atoms with Gasteiger partial charge < -0.3 is 9.84 Å². The summed E-state index contributed by atoms with van der Waals surface area (Å²) in [5.41, 5.74) is 3.57. The fraction of sp³-hybridized carbons (Fsp3) is 0.471. The van der Waals surface area contributed by atoms with Crippen LogP contribution in [0.3, 0.4) is 0 Å². The third kappa shape index (κ3) is 2.63. The van der Waals surface area contributed by atoms with Gasteiger partial charge in [0.2, 0.25) is 0 Å². The van der Waals surface area contributed by atoms with Crippen molar-refractivity contribution in [3.8, 4) is 0 Å². The monoisotopic (exact) mass is 270 g/mol. The maximum absolute atomic E-state index is 5.29. The van der Waals surface area contributed by atoms with Crippen LogP contribution in [0.15, 0.2) is 34.9 Å². The number of hydrogen-bond donors (Lipinski definition) is 1. The molecule has 1 heterocycles. The summed E-state index contributed by atoms with van der Waals surface area (Å²) in [7, 11) is 0. The molecule has 1 aliphatic carbocycles. The van der Waals surface area contributed by atoms with E-state index < -0.39 is 0 Å². The van der Waals surface area contributed by atoms with E-state index in [9.17, 15) is 0 Å². The number of aromatic nitrogens is 1. The van der Waals surface area contributed by atoms with Crippen molar-refractivity contribution in [2.45, 2.75) is 45.7 Å². The molecule has 0 saturated heterocycles. The van der Waals surface area contributed by atoms with Gasteiger partial charge in [0, 0.05) is 17.6 Å². The zero-order valence-corrected chi connectivity index (χ0v) is 12.4. The maximum atomic E-state index is 5.29. The summed E-state index contributed by atoms with van der Waals surface area (Å²) in [6, 6.07) is 11.4. The molecule has 0 bridgehead atoms. The number of aryl methyl sites for hydroxylation is 2. The van der Waals surface area contributed by atoms with Crippen molar-refractivity contribution in [1.29, 1.82) is 0 Å². The Hall–Kier alpha value is -1.61. The SMILES string of the molecule is Cc1noc(C)c1C(C)NC(c1ccccc1)C1CC1. The van der Waals surface area contributed by atoms with E-state index in [0.29, 0.717) is 6.04 Å². The van der Waals surface area contributed by atoms with Gasteiger partial charge >= 0.3 is 0 Å². The van der Waals surface area contributed by atoms with Gasteiger partial charge in [-0.15, -0.1) is 0 Å². The summed E-state index contributed by atoms with van der Waals surface area (Å²) in [4.78, 5) is 0. The smallest absolute Gasteiger partial charge is 0.138 e. The minimum absolute atomic E-state index is 0.257. The fourth-order valence-electron chi connectivity index (χ4n) is 3.06. The van der Waals surface area contributed by atoms with E-state index in [1.54, 1.807) is 0 Å². The Balaban J connectivity index is 1.81. The Morgan fingerprint density at radius 1 is 1.20 bits per heavy atom. The Bertz CT molecular complexity index is 552. The van der Waals surface area contributed by atoms with Crippen molar-refractivity contribution < 1.29 is 4.52 Å². The maximum Gasteiger partial charge on any atom is 0.138 e. The fourth-order valence-corrected chi connectivity index (χ4v) is 3.06. The van der Waals surface area contributed by atoms with Crippen molar-refractivity contribution in [3.63, 3.8) is 0 Å². The molecule has 1 aromatic heterocycles. The molecule has 2 atom stereocenters. The lowest BCUT2D eigenvalue weighted by atomic mass is 9.99. The zero-order chi connectivity index (χ0) is 14.1. The van der Waals surface area contributed by atoms with Gasteiger partial charge in [0.15, 0.2) is 0 Å². The van der Waals surface area contributed by atoms with Crippen LogP contribution >= 0.6 is 0 Å². The normalized spacial score (nSPS) is 17.9. The average molecular weight is 270 g/mol. The van der Waals surface area contributed by atoms with Crippen molar-refractivity contribution in [2.24, 2.45) is 5.92 Å². The second-order valence-corrected chi connectivity index (χ2v) is 5.85. The highest BCUT2D eigenvalue weighted by molar-refractivity contribution is 5.27. The molecule has 0 radical (unpaired) electrons. The first-order valence-electron chi connectivity index (χ1n) is 7.40. The number of hydrogen-bond acceptors (Lipinski definition) is 3. The van der Waals surface area contributed by atoms with Gasteiger partial charge in [0.05, 0.1) is 5.69 Å². The van der Waals surface area contributed by atoms with E-state index in [1.807, 2.05) is 13.8 Å². The first-order valence-corrected chi connectivity index (χ1v) is 7.40. The molecule has 0 aliphatic heterocycles.